The average molecular weight is 238 g/mol. The third-order valence-corrected chi connectivity index (χ3v) is 3.22. The molecule has 1 aliphatic rings. The van der Waals surface area contributed by atoms with Gasteiger partial charge in [-0.05, 0) is 19.3 Å². The monoisotopic (exact) mass is 238 g/mol. The first-order valence-corrected chi connectivity index (χ1v) is 7.11. The number of carbonyl (C=O) groups excluding carboxylic acids is 1. The Morgan fingerprint density at radius 1 is 1.06 bits per heavy atom. The Hall–Kier alpha value is -0.790. The third kappa shape index (κ3) is 8.00. The van der Waals surface area contributed by atoms with Crippen LogP contribution < -0.4 is 0 Å². The summed E-state index contributed by atoms with van der Waals surface area (Å²) in [6, 6.07) is 0. The van der Waals surface area contributed by atoms with Gasteiger partial charge in [0.2, 0.25) is 0 Å². The Labute approximate surface area is 105 Å². The Bertz CT molecular complexity index is 233. The average Bonchev–Trinajstić information content (AvgIpc) is 2.33. The van der Waals surface area contributed by atoms with Crippen molar-refractivity contribution in [1.82, 2.24) is 0 Å². The molecule has 0 aliphatic carbocycles. The molecule has 1 aliphatic heterocycles. The molecule has 0 aromatic rings. The standard InChI is InChI=1S/C15H26O2/c1-14-11-9-7-5-3-2-4-6-8-10-12-15(16)17-13-14/h9,11,14H,2-8,10,12-13H2,1H3/b11-9+. The molecule has 1 heterocycles. The molecule has 1 atom stereocenters. The van der Waals surface area contributed by atoms with Crippen LogP contribution in [0.15, 0.2) is 12.2 Å². The van der Waals surface area contributed by atoms with Crippen LogP contribution in [-0.2, 0) is 9.53 Å². The predicted octanol–water partition coefficient (Wildman–Crippen LogP) is 4.25. The summed E-state index contributed by atoms with van der Waals surface area (Å²) in [7, 11) is 0. The second-order valence-electron chi connectivity index (χ2n) is 5.10. The Morgan fingerprint density at radius 3 is 2.47 bits per heavy atom. The summed E-state index contributed by atoms with van der Waals surface area (Å²) in [5, 5.41) is 0. The first-order valence-electron chi connectivity index (χ1n) is 7.11. The molecule has 0 fully saturated rings. The molecule has 1 rings (SSSR count). The first kappa shape index (κ1) is 14.3. The minimum absolute atomic E-state index is 0.0277. The van der Waals surface area contributed by atoms with Gasteiger partial charge < -0.3 is 4.74 Å². The van der Waals surface area contributed by atoms with Gasteiger partial charge in [0.25, 0.3) is 0 Å². The summed E-state index contributed by atoms with van der Waals surface area (Å²) in [5.74, 6) is 0.323. The zero-order valence-corrected chi connectivity index (χ0v) is 11.1. The summed E-state index contributed by atoms with van der Waals surface area (Å²) in [5.41, 5.74) is 0. The molecular formula is C15H26O2. The molecule has 2 nitrogen and oxygen atoms in total. The van der Waals surface area contributed by atoms with Crippen molar-refractivity contribution in [3.63, 3.8) is 0 Å². The largest absolute Gasteiger partial charge is 0.465 e. The molecule has 98 valence electrons. The fraction of sp³-hybridized carbons (Fsp3) is 0.800. The van der Waals surface area contributed by atoms with Gasteiger partial charge in [-0.25, -0.2) is 0 Å². The van der Waals surface area contributed by atoms with Gasteiger partial charge in [-0.2, -0.15) is 0 Å². The van der Waals surface area contributed by atoms with Crippen LogP contribution in [0.4, 0.5) is 0 Å². The van der Waals surface area contributed by atoms with Crippen LogP contribution >= 0.6 is 0 Å². The van der Waals surface area contributed by atoms with E-state index in [9.17, 15) is 4.79 Å². The van der Waals surface area contributed by atoms with Crippen LogP contribution in [0.2, 0.25) is 0 Å². The molecule has 0 amide bonds. The second kappa shape index (κ2) is 9.26. The lowest BCUT2D eigenvalue weighted by molar-refractivity contribution is -0.144. The number of cyclic esters (lactones) is 1. The Kier molecular flexibility index (Phi) is 7.78. The van der Waals surface area contributed by atoms with Gasteiger partial charge in [0.05, 0.1) is 6.61 Å². The minimum atomic E-state index is -0.0277. The van der Waals surface area contributed by atoms with E-state index in [0.29, 0.717) is 18.9 Å². The van der Waals surface area contributed by atoms with Crippen molar-refractivity contribution < 1.29 is 9.53 Å². The highest BCUT2D eigenvalue weighted by Crippen LogP contribution is 2.12. The molecule has 0 aromatic carbocycles. The summed E-state index contributed by atoms with van der Waals surface area (Å²) in [6.45, 7) is 2.64. The Balaban J connectivity index is 2.31. The van der Waals surface area contributed by atoms with E-state index in [1.807, 2.05) is 0 Å². The number of esters is 1. The van der Waals surface area contributed by atoms with Crippen molar-refractivity contribution in [1.29, 1.82) is 0 Å². The van der Waals surface area contributed by atoms with E-state index in [-0.39, 0.29) is 5.97 Å². The molecule has 17 heavy (non-hydrogen) atoms. The smallest absolute Gasteiger partial charge is 0.305 e. The van der Waals surface area contributed by atoms with Crippen LogP contribution in [0.3, 0.4) is 0 Å². The number of rotatable bonds is 0. The predicted molar refractivity (Wildman–Crippen MR) is 70.8 cm³/mol. The van der Waals surface area contributed by atoms with Crippen LogP contribution in [0, 0.1) is 5.92 Å². The maximum atomic E-state index is 11.4. The van der Waals surface area contributed by atoms with Gasteiger partial charge in [0.1, 0.15) is 0 Å². The lowest BCUT2D eigenvalue weighted by atomic mass is 10.1. The van der Waals surface area contributed by atoms with Crippen molar-refractivity contribution in [2.45, 2.75) is 64.7 Å². The molecule has 0 saturated carbocycles. The SMILES string of the molecule is CC1/C=C/CCCCCCCCCC(=O)OC1. The van der Waals surface area contributed by atoms with Gasteiger partial charge in [-0.15, -0.1) is 0 Å². The van der Waals surface area contributed by atoms with Crippen molar-refractivity contribution in [2.24, 2.45) is 5.92 Å². The summed E-state index contributed by atoms with van der Waals surface area (Å²) in [4.78, 5) is 11.4. The van der Waals surface area contributed by atoms with E-state index in [2.05, 4.69) is 19.1 Å². The van der Waals surface area contributed by atoms with E-state index in [1.54, 1.807) is 0 Å². The maximum Gasteiger partial charge on any atom is 0.305 e. The number of hydrogen-bond donors (Lipinski definition) is 0. The van der Waals surface area contributed by atoms with Gasteiger partial charge in [-0.1, -0.05) is 51.2 Å². The van der Waals surface area contributed by atoms with Crippen molar-refractivity contribution >= 4 is 5.97 Å². The van der Waals surface area contributed by atoms with Gasteiger partial charge in [0, 0.05) is 12.3 Å². The van der Waals surface area contributed by atoms with Crippen molar-refractivity contribution in [3.8, 4) is 0 Å². The first-order chi connectivity index (χ1) is 8.29. The molecule has 0 aromatic heterocycles. The molecule has 1 unspecified atom stereocenters. The number of hydrogen-bond acceptors (Lipinski definition) is 2. The number of carbonyl (C=O) groups is 1. The molecule has 0 bridgehead atoms. The zero-order valence-electron chi connectivity index (χ0n) is 11.1. The van der Waals surface area contributed by atoms with Gasteiger partial charge in [0.15, 0.2) is 0 Å². The highest BCUT2D eigenvalue weighted by molar-refractivity contribution is 5.69. The molecule has 0 radical (unpaired) electrons. The van der Waals surface area contributed by atoms with E-state index in [4.69, 9.17) is 4.74 Å². The summed E-state index contributed by atoms with van der Waals surface area (Å²) in [6.07, 6.45) is 14.9. The van der Waals surface area contributed by atoms with Crippen LogP contribution in [0.1, 0.15) is 64.7 Å². The van der Waals surface area contributed by atoms with Gasteiger partial charge >= 0.3 is 5.97 Å². The molecule has 0 spiro atoms. The Morgan fingerprint density at radius 2 is 1.71 bits per heavy atom. The van der Waals surface area contributed by atoms with E-state index in [0.717, 1.165) is 12.8 Å². The highest BCUT2D eigenvalue weighted by Gasteiger charge is 2.05. The third-order valence-electron chi connectivity index (χ3n) is 3.22. The lowest BCUT2D eigenvalue weighted by Crippen LogP contribution is -2.10. The summed E-state index contributed by atoms with van der Waals surface area (Å²) >= 11 is 0. The minimum Gasteiger partial charge on any atom is -0.465 e. The molecule has 2 heteroatoms. The number of allylic oxidation sites excluding steroid dienone is 1. The fourth-order valence-electron chi connectivity index (χ4n) is 2.10. The van der Waals surface area contributed by atoms with E-state index < -0.39 is 0 Å². The van der Waals surface area contributed by atoms with Crippen LogP contribution in [0.25, 0.3) is 0 Å². The highest BCUT2D eigenvalue weighted by atomic mass is 16.5. The van der Waals surface area contributed by atoms with E-state index >= 15 is 0 Å². The summed E-state index contributed by atoms with van der Waals surface area (Å²) < 4.78 is 5.24. The second-order valence-corrected chi connectivity index (χ2v) is 5.10. The molecule has 0 saturated heterocycles. The fourth-order valence-corrected chi connectivity index (χ4v) is 2.10. The topological polar surface area (TPSA) is 26.3 Å². The van der Waals surface area contributed by atoms with Crippen molar-refractivity contribution in [2.75, 3.05) is 6.61 Å². The van der Waals surface area contributed by atoms with Crippen molar-refractivity contribution in [3.05, 3.63) is 12.2 Å². The van der Waals surface area contributed by atoms with Gasteiger partial charge in [-0.3, -0.25) is 4.79 Å². The normalized spacial score (nSPS) is 27.6. The zero-order chi connectivity index (χ0) is 12.3. The molecular weight excluding hydrogens is 212 g/mol. The quantitative estimate of drug-likeness (QED) is 0.466. The maximum absolute atomic E-state index is 11.4. The van der Waals surface area contributed by atoms with Crippen LogP contribution in [0.5, 0.6) is 0 Å². The van der Waals surface area contributed by atoms with Crippen LogP contribution in [-0.4, -0.2) is 12.6 Å². The molecule has 0 N–H and O–H groups in total. The lowest BCUT2D eigenvalue weighted by Gasteiger charge is -2.08. The van der Waals surface area contributed by atoms with E-state index in [1.165, 1.54) is 38.5 Å². The number of ether oxygens (including phenoxy) is 1.